The fraction of sp³-hybridized carbons (Fsp3) is 0.714. The summed E-state index contributed by atoms with van der Waals surface area (Å²) in [5, 5.41) is 14.5. The Balaban J connectivity index is 5.00. The Labute approximate surface area is 144 Å². The van der Waals surface area contributed by atoms with Gasteiger partial charge in [0, 0.05) is 26.2 Å². The van der Waals surface area contributed by atoms with Crippen LogP contribution in [0.25, 0.3) is 0 Å². The van der Waals surface area contributed by atoms with Gasteiger partial charge < -0.3 is 32.7 Å². The summed E-state index contributed by atoms with van der Waals surface area (Å²) in [4.78, 5) is 11.4. The van der Waals surface area contributed by atoms with Crippen LogP contribution >= 0.6 is 0 Å². The van der Waals surface area contributed by atoms with Crippen LogP contribution in [0.5, 0.6) is 0 Å². The van der Waals surface area contributed by atoms with Gasteiger partial charge in [0.1, 0.15) is 0 Å². The van der Waals surface area contributed by atoms with Crippen molar-refractivity contribution in [3.8, 4) is 0 Å². The van der Waals surface area contributed by atoms with Gasteiger partial charge in [-0.1, -0.05) is 26.7 Å². The molecule has 0 aliphatic carbocycles. The number of rotatable bonds is 9. The quantitative estimate of drug-likeness (QED) is 0.245. The summed E-state index contributed by atoms with van der Waals surface area (Å²) in [6, 6.07) is 0. The molecule has 0 radical (unpaired) electrons. The first kappa shape index (κ1) is 21.5. The molecule has 24 heavy (non-hydrogen) atoms. The van der Waals surface area contributed by atoms with Gasteiger partial charge in [-0.25, -0.2) is 0 Å². The van der Waals surface area contributed by atoms with Crippen LogP contribution in [0.4, 0.5) is 0 Å². The lowest BCUT2D eigenvalue weighted by Gasteiger charge is -2.29. The molecule has 0 spiro atoms. The molecule has 0 aromatic rings. The number of guanidine groups is 4. The summed E-state index contributed by atoms with van der Waals surface area (Å²) in [5.74, 6) is -0.217. The van der Waals surface area contributed by atoms with Crippen molar-refractivity contribution in [1.29, 1.82) is 10.8 Å². The second-order valence-electron chi connectivity index (χ2n) is 5.39. The predicted octanol–water partition coefficient (Wildman–Crippen LogP) is -0.393. The van der Waals surface area contributed by atoms with Gasteiger partial charge in [-0.15, -0.1) is 0 Å². The van der Waals surface area contributed by atoms with Crippen molar-refractivity contribution in [3.63, 3.8) is 0 Å². The lowest BCUT2D eigenvalue weighted by atomic mass is 10.3. The molecule has 0 aromatic carbocycles. The molecule has 138 valence electrons. The van der Waals surface area contributed by atoms with Crippen LogP contribution < -0.4 is 22.9 Å². The highest BCUT2D eigenvalue weighted by Gasteiger charge is 2.13. The summed E-state index contributed by atoms with van der Waals surface area (Å²) < 4.78 is 0. The van der Waals surface area contributed by atoms with E-state index in [2.05, 4.69) is 23.8 Å². The zero-order chi connectivity index (χ0) is 18.5. The lowest BCUT2D eigenvalue weighted by molar-refractivity contribution is 0.327. The smallest absolute Gasteiger partial charge is 0.215 e. The van der Waals surface area contributed by atoms with Gasteiger partial charge in [-0.2, -0.15) is 9.98 Å². The van der Waals surface area contributed by atoms with Crippen LogP contribution in [0.3, 0.4) is 0 Å². The van der Waals surface area contributed by atoms with Crippen LogP contribution in [0.1, 0.15) is 39.5 Å². The van der Waals surface area contributed by atoms with Gasteiger partial charge >= 0.3 is 0 Å². The maximum absolute atomic E-state index is 7.24. The molecule has 10 nitrogen and oxygen atoms in total. The highest BCUT2D eigenvalue weighted by molar-refractivity contribution is 5.92. The van der Waals surface area contributed by atoms with Gasteiger partial charge in [0.15, 0.2) is 11.9 Å². The van der Waals surface area contributed by atoms with E-state index < -0.39 is 0 Å². The summed E-state index contributed by atoms with van der Waals surface area (Å²) >= 11 is 0. The second-order valence-corrected chi connectivity index (χ2v) is 5.39. The van der Waals surface area contributed by atoms with Crippen molar-refractivity contribution in [2.24, 2.45) is 32.9 Å². The van der Waals surface area contributed by atoms with E-state index in [0.717, 1.165) is 25.7 Å². The molecule has 0 amide bonds. The normalized spacial score (nSPS) is 12.1. The monoisotopic (exact) mass is 340 g/mol. The Bertz CT molecular complexity index is 414. The van der Waals surface area contributed by atoms with Crippen LogP contribution in [0.2, 0.25) is 0 Å². The minimum atomic E-state index is -0.325. The number of nitrogens with two attached hydrogens (primary N) is 4. The van der Waals surface area contributed by atoms with Crippen molar-refractivity contribution >= 4 is 23.8 Å². The topological polar surface area (TPSA) is 183 Å². The largest absolute Gasteiger partial charge is 0.369 e. The van der Waals surface area contributed by atoms with E-state index in [1.54, 1.807) is 0 Å². The predicted molar refractivity (Wildman–Crippen MR) is 100 cm³/mol. The zero-order valence-corrected chi connectivity index (χ0v) is 14.8. The Hall–Kier alpha value is -2.52. The van der Waals surface area contributed by atoms with Crippen molar-refractivity contribution < 1.29 is 0 Å². The third kappa shape index (κ3) is 9.49. The molecule has 0 bridgehead atoms. The van der Waals surface area contributed by atoms with Gasteiger partial charge in [-0.05, 0) is 12.8 Å². The Morgan fingerprint density at radius 3 is 1.29 bits per heavy atom. The zero-order valence-electron chi connectivity index (χ0n) is 14.8. The van der Waals surface area contributed by atoms with Gasteiger partial charge in [0.2, 0.25) is 11.9 Å². The molecule has 0 saturated carbocycles. The van der Waals surface area contributed by atoms with Gasteiger partial charge in [0.25, 0.3) is 0 Å². The molecule has 0 aromatic heterocycles. The van der Waals surface area contributed by atoms with Gasteiger partial charge in [-0.3, -0.25) is 10.8 Å². The van der Waals surface area contributed by atoms with E-state index in [9.17, 15) is 0 Å². The van der Waals surface area contributed by atoms with E-state index in [-0.39, 0.29) is 23.8 Å². The van der Waals surface area contributed by atoms with E-state index in [0.29, 0.717) is 26.2 Å². The molecule has 0 rings (SSSR count). The SMILES string of the molecule is CCCCN(CCN(CCCC)/C(N)=N/C(=N)N)/C(N)=N/C(=N)N. The highest BCUT2D eigenvalue weighted by Crippen LogP contribution is 2.00. The number of hydrogen-bond acceptors (Lipinski definition) is 2. The molecule has 0 saturated heterocycles. The van der Waals surface area contributed by atoms with Crippen LogP contribution in [0, 0.1) is 10.8 Å². The number of unbranched alkanes of at least 4 members (excludes halogenated alkanes) is 2. The number of hydrogen-bond donors (Lipinski definition) is 6. The lowest BCUT2D eigenvalue weighted by Crippen LogP contribution is -2.47. The number of nitrogens with one attached hydrogen (secondary N) is 2. The first-order valence-corrected chi connectivity index (χ1v) is 8.18. The number of aliphatic imine (C=N–C) groups is 2. The minimum Gasteiger partial charge on any atom is -0.369 e. The Morgan fingerprint density at radius 1 is 0.708 bits per heavy atom. The third-order valence-electron chi connectivity index (χ3n) is 3.32. The molecule has 0 aliphatic heterocycles. The van der Waals surface area contributed by atoms with E-state index in [1.807, 2.05) is 9.80 Å². The van der Waals surface area contributed by atoms with E-state index in [4.69, 9.17) is 33.8 Å². The molecule has 0 fully saturated rings. The summed E-state index contributed by atoms with van der Waals surface area (Å²) in [7, 11) is 0. The average Bonchev–Trinajstić information content (AvgIpc) is 2.48. The fourth-order valence-electron chi connectivity index (χ4n) is 2.01. The first-order chi connectivity index (χ1) is 11.3. The number of nitrogens with zero attached hydrogens (tertiary/aromatic N) is 4. The second kappa shape index (κ2) is 12.0. The van der Waals surface area contributed by atoms with E-state index in [1.165, 1.54) is 0 Å². The van der Waals surface area contributed by atoms with Crippen molar-refractivity contribution in [2.75, 3.05) is 26.2 Å². The van der Waals surface area contributed by atoms with Crippen molar-refractivity contribution in [3.05, 3.63) is 0 Å². The third-order valence-corrected chi connectivity index (χ3v) is 3.32. The maximum Gasteiger partial charge on any atom is 0.215 e. The van der Waals surface area contributed by atoms with Crippen LogP contribution in [-0.4, -0.2) is 59.8 Å². The molecule has 0 atom stereocenters. The van der Waals surface area contributed by atoms with Crippen LogP contribution in [0.15, 0.2) is 9.98 Å². The fourth-order valence-corrected chi connectivity index (χ4v) is 2.01. The minimum absolute atomic E-state index is 0.216. The molecule has 10 heteroatoms. The maximum atomic E-state index is 7.24. The first-order valence-electron chi connectivity index (χ1n) is 8.18. The summed E-state index contributed by atoms with van der Waals surface area (Å²) in [6.07, 6.45) is 3.91. The van der Waals surface area contributed by atoms with E-state index >= 15 is 0 Å². The molecular formula is C14H32N10. The Morgan fingerprint density at radius 2 is 1.04 bits per heavy atom. The standard InChI is InChI=1S/C14H32N10/c1-3-5-7-23(13(19)21-11(15)16)9-10-24(8-6-4-2)14(20)22-12(17)18/h3-10H2,1-2H3,(H5,15,16,19,21)(H5,17,18,20,22). The molecular weight excluding hydrogens is 308 g/mol. The molecule has 0 aliphatic rings. The van der Waals surface area contributed by atoms with Crippen molar-refractivity contribution in [1.82, 2.24) is 9.80 Å². The Kier molecular flexibility index (Phi) is 10.7. The molecule has 0 heterocycles. The highest BCUT2D eigenvalue weighted by atomic mass is 15.3. The van der Waals surface area contributed by atoms with Crippen LogP contribution in [-0.2, 0) is 0 Å². The summed E-state index contributed by atoms with van der Waals surface area (Å²) in [5.41, 5.74) is 22.4. The summed E-state index contributed by atoms with van der Waals surface area (Å²) in [6.45, 7) is 6.71. The van der Waals surface area contributed by atoms with Gasteiger partial charge in [0.05, 0.1) is 0 Å². The van der Waals surface area contributed by atoms with Crippen molar-refractivity contribution in [2.45, 2.75) is 39.5 Å². The molecule has 10 N–H and O–H groups in total. The molecule has 0 unspecified atom stereocenters. The average molecular weight is 340 g/mol.